The molecule has 0 radical (unpaired) electrons. The maximum absolute atomic E-state index is 12.4. The number of carbonyl (C=O) groups excluding carboxylic acids is 2. The molecule has 4 rings (SSSR count). The quantitative estimate of drug-likeness (QED) is 0.601. The zero-order chi connectivity index (χ0) is 20.1. The largest absolute Gasteiger partial charge is 0.368 e. The van der Waals surface area contributed by atoms with Crippen LogP contribution in [0.25, 0.3) is 5.82 Å². The SMILES string of the molecule is O=C(NCCNc1cc(-n2cccc2)ncn1)C1CC(=O)N(c2ccccc2)C1. The molecule has 1 aliphatic rings. The predicted molar refractivity (Wildman–Crippen MR) is 110 cm³/mol. The third-order valence-corrected chi connectivity index (χ3v) is 4.82. The Morgan fingerprint density at radius 2 is 1.86 bits per heavy atom. The van der Waals surface area contributed by atoms with E-state index in [1.54, 1.807) is 4.90 Å². The van der Waals surface area contributed by atoms with Crippen molar-refractivity contribution in [3.63, 3.8) is 0 Å². The topological polar surface area (TPSA) is 92.1 Å². The van der Waals surface area contributed by atoms with Crippen molar-refractivity contribution in [1.29, 1.82) is 0 Å². The number of carbonyl (C=O) groups is 2. The van der Waals surface area contributed by atoms with Crippen LogP contribution in [0.3, 0.4) is 0 Å². The molecule has 29 heavy (non-hydrogen) atoms. The van der Waals surface area contributed by atoms with Gasteiger partial charge in [0.05, 0.1) is 5.92 Å². The van der Waals surface area contributed by atoms with Crippen molar-refractivity contribution in [2.75, 3.05) is 29.9 Å². The van der Waals surface area contributed by atoms with Gasteiger partial charge < -0.3 is 20.1 Å². The summed E-state index contributed by atoms with van der Waals surface area (Å²) >= 11 is 0. The van der Waals surface area contributed by atoms with Crippen molar-refractivity contribution in [3.8, 4) is 5.82 Å². The zero-order valence-electron chi connectivity index (χ0n) is 15.9. The van der Waals surface area contributed by atoms with Crippen LogP contribution in [0.15, 0.2) is 67.3 Å². The Bertz CT molecular complexity index is 974. The Hall–Kier alpha value is -3.68. The number of hydrogen-bond acceptors (Lipinski definition) is 5. The number of benzene rings is 1. The summed E-state index contributed by atoms with van der Waals surface area (Å²) in [4.78, 5) is 34.8. The third-order valence-electron chi connectivity index (χ3n) is 4.82. The number of nitrogens with one attached hydrogen (secondary N) is 2. The minimum absolute atomic E-state index is 0.0204. The Morgan fingerprint density at radius 3 is 2.66 bits per heavy atom. The average molecular weight is 390 g/mol. The van der Waals surface area contributed by atoms with Crippen molar-refractivity contribution in [2.45, 2.75) is 6.42 Å². The third kappa shape index (κ3) is 4.43. The molecule has 1 atom stereocenters. The number of hydrogen-bond donors (Lipinski definition) is 2. The summed E-state index contributed by atoms with van der Waals surface area (Å²) < 4.78 is 1.89. The number of rotatable bonds is 7. The molecule has 148 valence electrons. The molecule has 1 saturated heterocycles. The molecule has 1 unspecified atom stereocenters. The second kappa shape index (κ2) is 8.55. The van der Waals surface area contributed by atoms with E-state index < -0.39 is 0 Å². The molecule has 0 spiro atoms. The summed E-state index contributed by atoms with van der Waals surface area (Å²) in [5, 5.41) is 6.08. The maximum Gasteiger partial charge on any atom is 0.227 e. The van der Waals surface area contributed by atoms with Crippen molar-refractivity contribution in [2.24, 2.45) is 5.92 Å². The van der Waals surface area contributed by atoms with E-state index in [0.29, 0.717) is 25.5 Å². The van der Waals surface area contributed by atoms with Crippen LogP contribution in [0, 0.1) is 5.92 Å². The van der Waals surface area contributed by atoms with Crippen LogP contribution in [-0.2, 0) is 9.59 Å². The molecule has 3 heterocycles. The number of anilines is 2. The molecule has 2 N–H and O–H groups in total. The van der Waals surface area contributed by atoms with Crippen LogP contribution >= 0.6 is 0 Å². The van der Waals surface area contributed by atoms with Gasteiger partial charge in [0, 0.05) is 50.2 Å². The van der Waals surface area contributed by atoms with Crippen LogP contribution in [0.1, 0.15) is 6.42 Å². The molecule has 0 saturated carbocycles. The highest BCUT2D eigenvalue weighted by Crippen LogP contribution is 2.24. The fourth-order valence-electron chi connectivity index (χ4n) is 3.33. The minimum atomic E-state index is -0.331. The van der Waals surface area contributed by atoms with Gasteiger partial charge in [0.25, 0.3) is 0 Å². The van der Waals surface area contributed by atoms with Crippen molar-refractivity contribution in [3.05, 3.63) is 67.3 Å². The highest BCUT2D eigenvalue weighted by atomic mass is 16.2. The molecule has 3 aromatic rings. The lowest BCUT2D eigenvalue weighted by molar-refractivity contribution is -0.126. The Labute approximate surface area is 168 Å². The van der Waals surface area contributed by atoms with Gasteiger partial charge in [0.2, 0.25) is 11.8 Å². The first kappa shape index (κ1) is 18.7. The maximum atomic E-state index is 12.4. The molecule has 8 nitrogen and oxygen atoms in total. The number of para-hydroxylation sites is 1. The van der Waals surface area contributed by atoms with Crippen LogP contribution < -0.4 is 15.5 Å². The highest BCUT2D eigenvalue weighted by molar-refractivity contribution is 6.00. The van der Waals surface area contributed by atoms with E-state index in [-0.39, 0.29) is 24.2 Å². The van der Waals surface area contributed by atoms with Crippen molar-refractivity contribution < 1.29 is 9.59 Å². The monoisotopic (exact) mass is 390 g/mol. The normalized spacial score (nSPS) is 16.1. The molecule has 2 aromatic heterocycles. The van der Waals surface area contributed by atoms with Crippen molar-refractivity contribution in [1.82, 2.24) is 19.9 Å². The minimum Gasteiger partial charge on any atom is -0.368 e. The van der Waals surface area contributed by atoms with E-state index in [2.05, 4.69) is 20.6 Å². The highest BCUT2D eigenvalue weighted by Gasteiger charge is 2.34. The van der Waals surface area contributed by atoms with E-state index in [4.69, 9.17) is 0 Å². The fraction of sp³-hybridized carbons (Fsp3) is 0.238. The molecule has 8 heteroatoms. The first-order chi connectivity index (χ1) is 14.2. The Kier molecular flexibility index (Phi) is 5.51. The molecule has 0 bridgehead atoms. The number of nitrogens with zero attached hydrogens (tertiary/aromatic N) is 4. The van der Waals surface area contributed by atoms with Crippen LogP contribution in [0.5, 0.6) is 0 Å². The molecule has 2 amide bonds. The molecular formula is C21H22N6O2. The Balaban J connectivity index is 1.25. The van der Waals surface area contributed by atoms with Gasteiger partial charge in [0.15, 0.2) is 0 Å². The summed E-state index contributed by atoms with van der Waals surface area (Å²) in [6, 6.07) is 15.1. The number of amides is 2. The van der Waals surface area contributed by atoms with E-state index in [1.807, 2.05) is 65.5 Å². The van der Waals surface area contributed by atoms with Gasteiger partial charge in [-0.2, -0.15) is 0 Å². The van der Waals surface area contributed by atoms with Crippen molar-refractivity contribution >= 4 is 23.3 Å². The lowest BCUT2D eigenvalue weighted by atomic mass is 10.1. The standard InChI is InChI=1S/C21H22N6O2/c28-20-12-16(14-27(20)17-6-2-1-3-7-17)21(29)23-9-8-22-18-13-19(25-15-24-18)26-10-4-5-11-26/h1-7,10-11,13,15-16H,8-9,12,14H2,(H,23,29)(H,22,24,25). The van der Waals surface area contributed by atoms with Gasteiger partial charge in [-0.3, -0.25) is 9.59 Å². The van der Waals surface area contributed by atoms with Gasteiger partial charge >= 0.3 is 0 Å². The molecule has 1 aliphatic heterocycles. The molecule has 1 aromatic carbocycles. The van der Waals surface area contributed by atoms with Gasteiger partial charge in [-0.25, -0.2) is 9.97 Å². The first-order valence-corrected chi connectivity index (χ1v) is 9.53. The van der Waals surface area contributed by atoms with E-state index in [1.165, 1.54) is 6.33 Å². The fourth-order valence-corrected chi connectivity index (χ4v) is 3.33. The lowest BCUT2D eigenvalue weighted by Crippen LogP contribution is -2.35. The van der Waals surface area contributed by atoms with E-state index in [9.17, 15) is 9.59 Å². The van der Waals surface area contributed by atoms with E-state index in [0.717, 1.165) is 11.5 Å². The summed E-state index contributed by atoms with van der Waals surface area (Å²) in [6.45, 7) is 1.38. The van der Waals surface area contributed by atoms with Gasteiger partial charge in [0.1, 0.15) is 18.0 Å². The van der Waals surface area contributed by atoms with Crippen LogP contribution in [-0.4, -0.2) is 46.0 Å². The van der Waals surface area contributed by atoms with E-state index >= 15 is 0 Å². The summed E-state index contributed by atoms with van der Waals surface area (Å²) in [6.07, 6.45) is 5.56. The second-order valence-electron chi connectivity index (χ2n) is 6.81. The predicted octanol–water partition coefficient (Wildman–Crippen LogP) is 1.85. The number of aromatic nitrogens is 3. The average Bonchev–Trinajstić information content (AvgIpc) is 3.42. The summed E-state index contributed by atoms with van der Waals surface area (Å²) in [5.41, 5.74) is 0.830. The first-order valence-electron chi connectivity index (χ1n) is 9.53. The molecule has 1 fully saturated rings. The second-order valence-corrected chi connectivity index (χ2v) is 6.81. The van der Waals surface area contributed by atoms with Gasteiger partial charge in [-0.05, 0) is 24.3 Å². The molecule has 0 aliphatic carbocycles. The molecular weight excluding hydrogens is 368 g/mol. The summed E-state index contributed by atoms with van der Waals surface area (Å²) in [7, 11) is 0. The zero-order valence-corrected chi connectivity index (χ0v) is 15.9. The Morgan fingerprint density at radius 1 is 1.07 bits per heavy atom. The smallest absolute Gasteiger partial charge is 0.227 e. The summed E-state index contributed by atoms with van der Waals surface area (Å²) in [5.74, 6) is 0.996. The van der Waals surface area contributed by atoms with Gasteiger partial charge in [-0.15, -0.1) is 0 Å². The van der Waals surface area contributed by atoms with Crippen LogP contribution in [0.2, 0.25) is 0 Å². The lowest BCUT2D eigenvalue weighted by Gasteiger charge is -2.16. The van der Waals surface area contributed by atoms with Gasteiger partial charge in [-0.1, -0.05) is 18.2 Å². The van der Waals surface area contributed by atoms with Crippen LogP contribution in [0.4, 0.5) is 11.5 Å².